The van der Waals surface area contributed by atoms with Crippen LogP contribution in [0.4, 0.5) is 0 Å². The summed E-state index contributed by atoms with van der Waals surface area (Å²) in [5.74, 6) is 0.233. The Kier molecular flexibility index (Phi) is 11.6. The molecule has 0 heterocycles. The van der Waals surface area contributed by atoms with Gasteiger partial charge in [0.2, 0.25) is 0 Å². The third-order valence-corrected chi connectivity index (χ3v) is 5.92. The number of para-hydroxylation sites is 3. The third kappa shape index (κ3) is 8.37. The minimum atomic E-state index is 0. The summed E-state index contributed by atoms with van der Waals surface area (Å²) in [6.07, 6.45) is 0. The Labute approximate surface area is 246 Å². The fraction of sp³-hybridized carbons (Fsp3) is 0. The van der Waals surface area contributed by atoms with E-state index in [1.165, 1.54) is 0 Å². The molecule has 0 spiro atoms. The molecule has 0 amide bonds. The molecule has 40 heavy (non-hydrogen) atoms. The van der Waals surface area contributed by atoms with Crippen LogP contribution >= 0.6 is 0 Å². The van der Waals surface area contributed by atoms with E-state index in [9.17, 15) is 15.3 Å². The molecule has 3 nitrogen and oxygen atoms in total. The summed E-state index contributed by atoms with van der Waals surface area (Å²) >= 11 is 0. The molecule has 0 fully saturated rings. The van der Waals surface area contributed by atoms with Crippen LogP contribution in [0.3, 0.4) is 0 Å². The first-order valence-corrected chi connectivity index (χ1v) is 12.6. The summed E-state index contributed by atoms with van der Waals surface area (Å²) in [4.78, 5) is 0. The first-order chi connectivity index (χ1) is 19.1. The summed E-state index contributed by atoms with van der Waals surface area (Å²) < 4.78 is 0. The van der Waals surface area contributed by atoms with Crippen molar-refractivity contribution in [2.45, 2.75) is 0 Å². The van der Waals surface area contributed by atoms with Crippen molar-refractivity contribution in [3.05, 3.63) is 164 Å². The summed E-state index contributed by atoms with van der Waals surface area (Å²) in [7, 11) is 0. The second-order valence-electron chi connectivity index (χ2n) is 8.59. The SMILES string of the molecule is [Fe+3].[O-]c1ccccc1-c1ccccc1.[O-]c1ccccc1-c1ccccc1.[O-]c1ccccc1-c1ccccc1. The Hall–Kier alpha value is -4.76. The van der Waals surface area contributed by atoms with Gasteiger partial charge >= 0.3 is 17.1 Å². The fourth-order valence-electron chi connectivity index (χ4n) is 3.97. The van der Waals surface area contributed by atoms with Crippen LogP contribution in [0.25, 0.3) is 33.4 Å². The van der Waals surface area contributed by atoms with Crippen LogP contribution in [0.2, 0.25) is 0 Å². The zero-order valence-electron chi connectivity index (χ0n) is 21.7. The molecule has 197 valence electrons. The van der Waals surface area contributed by atoms with Crippen molar-refractivity contribution >= 4 is 0 Å². The van der Waals surface area contributed by atoms with Gasteiger partial charge < -0.3 is 15.3 Å². The molecule has 0 bridgehead atoms. The average Bonchev–Trinajstić information content (AvgIpc) is 3.00. The van der Waals surface area contributed by atoms with Gasteiger partial charge in [-0.2, -0.15) is 0 Å². The number of benzene rings is 6. The number of hydrogen-bond donors (Lipinski definition) is 0. The quantitative estimate of drug-likeness (QED) is 0.213. The first-order valence-electron chi connectivity index (χ1n) is 12.6. The Morgan fingerprint density at radius 1 is 0.250 bits per heavy atom. The van der Waals surface area contributed by atoms with E-state index in [-0.39, 0.29) is 34.3 Å². The van der Waals surface area contributed by atoms with E-state index in [0.29, 0.717) is 0 Å². The van der Waals surface area contributed by atoms with Gasteiger partial charge in [0.1, 0.15) is 0 Å². The van der Waals surface area contributed by atoms with E-state index in [2.05, 4.69) is 0 Å². The van der Waals surface area contributed by atoms with Gasteiger partial charge in [0.25, 0.3) is 0 Å². The van der Waals surface area contributed by atoms with Gasteiger partial charge in [-0.3, -0.25) is 0 Å². The van der Waals surface area contributed by atoms with E-state index < -0.39 is 0 Å². The Morgan fingerprint density at radius 3 is 0.675 bits per heavy atom. The van der Waals surface area contributed by atoms with Gasteiger partial charge in [0.05, 0.1) is 0 Å². The first kappa shape index (κ1) is 29.8. The second-order valence-corrected chi connectivity index (χ2v) is 8.59. The van der Waals surface area contributed by atoms with Gasteiger partial charge in [-0.15, -0.1) is 17.2 Å². The molecule has 0 aromatic heterocycles. The molecule has 0 N–H and O–H groups in total. The van der Waals surface area contributed by atoms with Crippen LogP contribution in [0, 0.1) is 0 Å². The Morgan fingerprint density at radius 2 is 0.450 bits per heavy atom. The smallest absolute Gasteiger partial charge is 0.872 e. The minimum absolute atomic E-state index is 0. The molecule has 0 saturated carbocycles. The van der Waals surface area contributed by atoms with E-state index in [1.807, 2.05) is 127 Å². The van der Waals surface area contributed by atoms with Gasteiger partial charge in [-0.1, -0.05) is 164 Å². The molecule has 4 heteroatoms. The third-order valence-electron chi connectivity index (χ3n) is 5.92. The zero-order chi connectivity index (χ0) is 27.3. The monoisotopic (exact) mass is 563 g/mol. The Balaban J connectivity index is 0.000000163. The maximum Gasteiger partial charge on any atom is 3.00 e. The van der Waals surface area contributed by atoms with Crippen LogP contribution < -0.4 is 15.3 Å². The van der Waals surface area contributed by atoms with Crippen LogP contribution in [-0.4, -0.2) is 0 Å². The summed E-state index contributed by atoms with van der Waals surface area (Å²) in [6.45, 7) is 0. The van der Waals surface area contributed by atoms with E-state index >= 15 is 0 Å². The topological polar surface area (TPSA) is 69.2 Å². The van der Waals surface area contributed by atoms with Crippen LogP contribution in [0.1, 0.15) is 0 Å². The molecule has 0 atom stereocenters. The number of rotatable bonds is 3. The van der Waals surface area contributed by atoms with Gasteiger partial charge in [0, 0.05) is 0 Å². The predicted octanol–water partition coefficient (Wildman–Crippen LogP) is 7.28. The van der Waals surface area contributed by atoms with Crippen LogP contribution in [-0.2, 0) is 17.1 Å². The van der Waals surface area contributed by atoms with E-state index in [0.717, 1.165) is 33.4 Å². The van der Waals surface area contributed by atoms with Crippen molar-refractivity contribution in [1.82, 2.24) is 0 Å². The van der Waals surface area contributed by atoms with Gasteiger partial charge in [-0.05, 0) is 33.4 Å². The van der Waals surface area contributed by atoms with Crippen LogP contribution in [0.5, 0.6) is 17.2 Å². The van der Waals surface area contributed by atoms with Crippen molar-refractivity contribution in [2.24, 2.45) is 0 Å². The molecule has 1 radical (unpaired) electrons. The Bertz CT molecular complexity index is 1380. The number of hydrogen-bond acceptors (Lipinski definition) is 3. The standard InChI is InChI=1S/3C12H10O.Fe/c3*13-12-9-5-4-8-11(12)10-6-2-1-3-7-10;/h3*1-9,13H;/q;;;+3/p-3. The molecule has 0 aliphatic rings. The van der Waals surface area contributed by atoms with Crippen molar-refractivity contribution in [3.63, 3.8) is 0 Å². The van der Waals surface area contributed by atoms with Gasteiger partial charge in [0.15, 0.2) is 0 Å². The van der Waals surface area contributed by atoms with Crippen molar-refractivity contribution in [3.8, 4) is 50.6 Å². The van der Waals surface area contributed by atoms with Crippen molar-refractivity contribution in [2.75, 3.05) is 0 Å². The van der Waals surface area contributed by atoms with Crippen molar-refractivity contribution < 1.29 is 32.4 Å². The second kappa shape index (κ2) is 15.6. The minimum Gasteiger partial charge on any atom is -0.872 e. The molecule has 6 aromatic carbocycles. The molecule has 0 unspecified atom stereocenters. The van der Waals surface area contributed by atoms with Gasteiger partial charge in [-0.25, -0.2) is 0 Å². The summed E-state index contributed by atoms with van der Waals surface area (Å²) in [5, 5.41) is 34.3. The molecular weight excluding hydrogens is 536 g/mol. The molecule has 6 aromatic rings. The van der Waals surface area contributed by atoms with Crippen LogP contribution in [0.15, 0.2) is 164 Å². The molecule has 0 aliphatic carbocycles. The largest absolute Gasteiger partial charge is 3.00 e. The molecular formula is C36H27FeO3. The van der Waals surface area contributed by atoms with Crippen molar-refractivity contribution in [1.29, 1.82) is 0 Å². The molecule has 0 saturated heterocycles. The summed E-state index contributed by atoms with van der Waals surface area (Å²) in [6, 6.07) is 50.3. The maximum absolute atomic E-state index is 11.4. The summed E-state index contributed by atoms with van der Waals surface area (Å²) in [5.41, 5.74) is 5.24. The maximum atomic E-state index is 11.4. The predicted molar refractivity (Wildman–Crippen MR) is 154 cm³/mol. The molecule has 0 aliphatic heterocycles. The van der Waals surface area contributed by atoms with E-state index in [1.54, 1.807) is 36.4 Å². The van der Waals surface area contributed by atoms with E-state index in [4.69, 9.17) is 0 Å². The average molecular weight is 563 g/mol. The molecule has 6 rings (SSSR count). The zero-order valence-corrected chi connectivity index (χ0v) is 22.8. The fourth-order valence-corrected chi connectivity index (χ4v) is 3.97. The normalized spacial score (nSPS) is 9.60.